The molecule has 1 N–H and O–H groups in total. The monoisotopic (exact) mass is 242 g/mol. The van der Waals surface area contributed by atoms with Gasteiger partial charge >= 0.3 is 0 Å². The molecule has 1 fully saturated rings. The molecule has 0 bridgehead atoms. The number of aliphatic hydroxyl groups is 1. The van der Waals surface area contributed by atoms with Crippen LogP contribution >= 0.6 is 0 Å². The first-order valence-corrected chi connectivity index (χ1v) is 6.55. The van der Waals surface area contributed by atoms with Crippen LogP contribution in [0.25, 0.3) is 5.69 Å². The topological polar surface area (TPSA) is 38.0 Å². The fourth-order valence-electron chi connectivity index (χ4n) is 2.33. The molecule has 1 saturated carbocycles. The number of aliphatic hydroxyl groups excluding tert-OH is 1. The standard InChI is InChI=1S/C15H18N2O/c1-11(18)10-12-2-6-14(7-3-12)17-15(8-9-16-17)13-4-5-13/h2-3,6-9,11,13,18H,4-5,10H2,1H3. The summed E-state index contributed by atoms with van der Waals surface area (Å²) < 4.78 is 2.03. The number of nitrogens with zero attached hydrogens (tertiary/aromatic N) is 2. The minimum atomic E-state index is -0.289. The van der Waals surface area contributed by atoms with Crippen LogP contribution in [-0.4, -0.2) is 21.0 Å². The molecule has 1 heterocycles. The minimum absolute atomic E-state index is 0.289. The molecule has 1 atom stereocenters. The Morgan fingerprint density at radius 2 is 2.00 bits per heavy atom. The minimum Gasteiger partial charge on any atom is -0.393 e. The van der Waals surface area contributed by atoms with Gasteiger partial charge in [-0.05, 0) is 49.9 Å². The molecule has 3 heteroatoms. The van der Waals surface area contributed by atoms with E-state index in [0.29, 0.717) is 12.3 Å². The van der Waals surface area contributed by atoms with Crippen LogP contribution in [-0.2, 0) is 6.42 Å². The number of benzene rings is 1. The summed E-state index contributed by atoms with van der Waals surface area (Å²) >= 11 is 0. The van der Waals surface area contributed by atoms with Gasteiger partial charge in [0.1, 0.15) is 0 Å². The average Bonchev–Trinajstić information content (AvgIpc) is 3.08. The van der Waals surface area contributed by atoms with E-state index in [4.69, 9.17) is 0 Å². The number of hydrogen-bond donors (Lipinski definition) is 1. The van der Waals surface area contributed by atoms with Crippen molar-refractivity contribution in [2.75, 3.05) is 0 Å². The highest BCUT2D eigenvalue weighted by Gasteiger charge is 2.27. The van der Waals surface area contributed by atoms with E-state index < -0.39 is 0 Å². The van der Waals surface area contributed by atoms with Crippen LogP contribution in [0, 0.1) is 0 Å². The lowest BCUT2D eigenvalue weighted by atomic mass is 10.1. The molecular formula is C15H18N2O. The smallest absolute Gasteiger partial charge is 0.0649 e. The van der Waals surface area contributed by atoms with E-state index in [1.54, 1.807) is 0 Å². The van der Waals surface area contributed by atoms with Crippen LogP contribution < -0.4 is 0 Å². The maximum absolute atomic E-state index is 9.37. The summed E-state index contributed by atoms with van der Waals surface area (Å²) in [5.74, 6) is 0.699. The van der Waals surface area contributed by atoms with Crippen molar-refractivity contribution in [2.24, 2.45) is 0 Å². The van der Waals surface area contributed by atoms with Crippen molar-refractivity contribution < 1.29 is 5.11 Å². The van der Waals surface area contributed by atoms with E-state index in [2.05, 4.69) is 35.4 Å². The second-order valence-corrected chi connectivity index (χ2v) is 5.16. The van der Waals surface area contributed by atoms with Crippen LogP contribution in [0.15, 0.2) is 36.5 Å². The molecule has 0 radical (unpaired) electrons. The summed E-state index contributed by atoms with van der Waals surface area (Å²) in [4.78, 5) is 0. The molecule has 94 valence electrons. The molecule has 0 saturated heterocycles. The van der Waals surface area contributed by atoms with Crippen molar-refractivity contribution in [3.05, 3.63) is 47.8 Å². The predicted octanol–water partition coefficient (Wildman–Crippen LogP) is 2.67. The zero-order chi connectivity index (χ0) is 12.5. The van der Waals surface area contributed by atoms with Gasteiger partial charge in [0.2, 0.25) is 0 Å². The quantitative estimate of drug-likeness (QED) is 0.895. The van der Waals surface area contributed by atoms with Gasteiger partial charge in [-0.3, -0.25) is 0 Å². The molecule has 1 unspecified atom stereocenters. The summed E-state index contributed by atoms with van der Waals surface area (Å²) in [6.07, 6.45) is 4.85. The molecule has 0 aliphatic heterocycles. The van der Waals surface area contributed by atoms with Gasteiger partial charge in [-0.25, -0.2) is 4.68 Å². The van der Waals surface area contributed by atoms with Gasteiger partial charge < -0.3 is 5.11 Å². The van der Waals surface area contributed by atoms with Gasteiger partial charge in [-0.1, -0.05) is 12.1 Å². The molecule has 3 nitrogen and oxygen atoms in total. The van der Waals surface area contributed by atoms with Crippen molar-refractivity contribution in [3.63, 3.8) is 0 Å². The van der Waals surface area contributed by atoms with E-state index in [1.807, 2.05) is 17.8 Å². The van der Waals surface area contributed by atoms with Gasteiger partial charge in [-0.15, -0.1) is 0 Å². The second-order valence-electron chi connectivity index (χ2n) is 5.16. The Balaban J connectivity index is 1.85. The lowest BCUT2D eigenvalue weighted by molar-refractivity contribution is 0.195. The van der Waals surface area contributed by atoms with E-state index >= 15 is 0 Å². The van der Waals surface area contributed by atoms with E-state index in [-0.39, 0.29) is 6.10 Å². The SMILES string of the molecule is CC(O)Cc1ccc(-n2nccc2C2CC2)cc1. The Kier molecular flexibility index (Phi) is 2.92. The number of aromatic nitrogens is 2. The van der Waals surface area contributed by atoms with Crippen LogP contribution in [0.1, 0.15) is 36.9 Å². The molecule has 1 aliphatic rings. The molecule has 1 aliphatic carbocycles. The lowest BCUT2D eigenvalue weighted by Gasteiger charge is -2.08. The van der Waals surface area contributed by atoms with Crippen molar-refractivity contribution in [1.82, 2.24) is 9.78 Å². The molecular weight excluding hydrogens is 224 g/mol. The van der Waals surface area contributed by atoms with Crippen LogP contribution in [0.3, 0.4) is 0 Å². The Hall–Kier alpha value is -1.61. The first-order valence-electron chi connectivity index (χ1n) is 6.55. The van der Waals surface area contributed by atoms with Crippen LogP contribution in [0.2, 0.25) is 0 Å². The Labute approximate surface area is 107 Å². The fraction of sp³-hybridized carbons (Fsp3) is 0.400. The third-order valence-electron chi connectivity index (χ3n) is 3.38. The molecule has 18 heavy (non-hydrogen) atoms. The number of rotatable bonds is 4. The first kappa shape index (κ1) is 11.5. The Morgan fingerprint density at radius 1 is 1.28 bits per heavy atom. The zero-order valence-electron chi connectivity index (χ0n) is 10.6. The van der Waals surface area contributed by atoms with Crippen molar-refractivity contribution in [1.29, 1.82) is 0 Å². The number of hydrogen-bond acceptors (Lipinski definition) is 2. The average molecular weight is 242 g/mol. The maximum Gasteiger partial charge on any atom is 0.0649 e. The van der Waals surface area contributed by atoms with Gasteiger partial charge in [0.05, 0.1) is 11.8 Å². The molecule has 3 rings (SSSR count). The summed E-state index contributed by atoms with van der Waals surface area (Å²) in [5.41, 5.74) is 3.59. The Morgan fingerprint density at radius 3 is 2.61 bits per heavy atom. The summed E-state index contributed by atoms with van der Waals surface area (Å²) in [6.45, 7) is 1.81. The molecule has 0 amide bonds. The first-order chi connectivity index (χ1) is 8.74. The largest absolute Gasteiger partial charge is 0.393 e. The summed E-state index contributed by atoms with van der Waals surface area (Å²) in [7, 11) is 0. The highest BCUT2D eigenvalue weighted by Crippen LogP contribution is 2.40. The van der Waals surface area contributed by atoms with Gasteiger partial charge in [0, 0.05) is 17.8 Å². The van der Waals surface area contributed by atoms with Gasteiger partial charge in [0.15, 0.2) is 0 Å². The van der Waals surface area contributed by atoms with E-state index in [9.17, 15) is 5.11 Å². The van der Waals surface area contributed by atoms with Gasteiger partial charge in [0.25, 0.3) is 0 Å². The van der Waals surface area contributed by atoms with Crippen LogP contribution in [0.4, 0.5) is 0 Å². The molecule has 0 spiro atoms. The van der Waals surface area contributed by atoms with Crippen molar-refractivity contribution in [3.8, 4) is 5.69 Å². The highest BCUT2D eigenvalue weighted by molar-refractivity contribution is 5.37. The second kappa shape index (κ2) is 4.58. The van der Waals surface area contributed by atoms with Crippen LogP contribution in [0.5, 0.6) is 0 Å². The fourth-order valence-corrected chi connectivity index (χ4v) is 2.33. The lowest BCUT2D eigenvalue weighted by Crippen LogP contribution is -2.05. The van der Waals surface area contributed by atoms with Gasteiger partial charge in [-0.2, -0.15) is 5.10 Å². The normalized spacial score (nSPS) is 16.8. The highest BCUT2D eigenvalue weighted by atomic mass is 16.3. The maximum atomic E-state index is 9.37. The predicted molar refractivity (Wildman–Crippen MR) is 70.9 cm³/mol. The molecule has 1 aromatic heterocycles. The van der Waals surface area contributed by atoms with Crippen molar-refractivity contribution in [2.45, 2.75) is 38.2 Å². The molecule has 1 aromatic carbocycles. The van der Waals surface area contributed by atoms with E-state index in [1.165, 1.54) is 18.5 Å². The molecule has 2 aromatic rings. The Bertz CT molecular complexity index is 524. The van der Waals surface area contributed by atoms with Crippen molar-refractivity contribution >= 4 is 0 Å². The summed E-state index contributed by atoms with van der Waals surface area (Å²) in [5, 5.41) is 13.8. The zero-order valence-corrected chi connectivity index (χ0v) is 10.6. The third-order valence-corrected chi connectivity index (χ3v) is 3.38. The summed E-state index contributed by atoms with van der Waals surface area (Å²) in [6, 6.07) is 10.4. The van der Waals surface area contributed by atoms with E-state index in [0.717, 1.165) is 11.3 Å². The third kappa shape index (κ3) is 2.31.